The molecule has 0 radical (unpaired) electrons. The van der Waals surface area contributed by atoms with E-state index in [2.05, 4.69) is 36.2 Å². The van der Waals surface area contributed by atoms with Gasteiger partial charge in [0.15, 0.2) is 0 Å². The van der Waals surface area contributed by atoms with Crippen LogP contribution in [0.25, 0.3) is 0 Å². The lowest BCUT2D eigenvalue weighted by atomic mass is 9.88. The molecule has 1 aliphatic carbocycles. The van der Waals surface area contributed by atoms with Gasteiger partial charge < -0.3 is 0 Å². The molecule has 0 bridgehead atoms. The van der Waals surface area contributed by atoms with Crippen LogP contribution in [0.15, 0.2) is 40.6 Å². The van der Waals surface area contributed by atoms with E-state index in [4.69, 9.17) is 0 Å². The van der Waals surface area contributed by atoms with Crippen LogP contribution in [0.4, 0.5) is 0 Å². The topological polar surface area (TPSA) is 12.4 Å². The van der Waals surface area contributed by atoms with Gasteiger partial charge in [0, 0.05) is 17.8 Å². The molecule has 0 aromatic rings. The molecule has 1 aliphatic heterocycles. The predicted octanol–water partition coefficient (Wildman–Crippen LogP) is 3.26. The minimum Gasteiger partial charge on any atom is -0.261 e. The average molecular weight is 173 g/mol. The normalized spacial score (nSPS) is 25.2. The van der Waals surface area contributed by atoms with Gasteiger partial charge in [-0.05, 0) is 25.0 Å². The fourth-order valence-electron chi connectivity index (χ4n) is 1.91. The maximum atomic E-state index is 4.35. The van der Waals surface area contributed by atoms with Crippen molar-refractivity contribution in [1.29, 1.82) is 0 Å². The summed E-state index contributed by atoms with van der Waals surface area (Å²) < 4.78 is 0. The fraction of sp³-hybridized carbons (Fsp3) is 0.417. The SMILES string of the molecule is CCCC1=CC=C2N=CC=CC2C1. The van der Waals surface area contributed by atoms with Gasteiger partial charge in [-0.1, -0.05) is 31.1 Å². The summed E-state index contributed by atoms with van der Waals surface area (Å²) in [6, 6.07) is 0. The molecule has 2 aliphatic rings. The van der Waals surface area contributed by atoms with Gasteiger partial charge >= 0.3 is 0 Å². The van der Waals surface area contributed by atoms with Crippen LogP contribution in [0.3, 0.4) is 0 Å². The molecule has 2 rings (SSSR count). The Bertz CT molecular complexity index is 305. The van der Waals surface area contributed by atoms with Crippen molar-refractivity contribution in [2.45, 2.75) is 26.2 Å². The number of aliphatic imine (C=N–C) groups is 1. The number of allylic oxidation sites excluding steroid dienone is 5. The molecular weight excluding hydrogens is 158 g/mol. The van der Waals surface area contributed by atoms with Crippen molar-refractivity contribution in [2.24, 2.45) is 10.9 Å². The van der Waals surface area contributed by atoms with Crippen molar-refractivity contribution in [3.8, 4) is 0 Å². The molecule has 1 atom stereocenters. The lowest BCUT2D eigenvalue weighted by molar-refractivity contribution is 0.685. The van der Waals surface area contributed by atoms with Crippen LogP contribution >= 0.6 is 0 Å². The molecule has 1 heteroatoms. The summed E-state index contributed by atoms with van der Waals surface area (Å²) in [4.78, 5) is 4.35. The largest absolute Gasteiger partial charge is 0.261 e. The quantitative estimate of drug-likeness (QED) is 0.607. The van der Waals surface area contributed by atoms with E-state index in [0.717, 1.165) is 0 Å². The molecule has 0 aromatic carbocycles. The Morgan fingerprint density at radius 1 is 1.46 bits per heavy atom. The minimum absolute atomic E-state index is 0.552. The summed E-state index contributed by atoms with van der Waals surface area (Å²) in [5.74, 6) is 0.552. The second kappa shape index (κ2) is 3.73. The van der Waals surface area contributed by atoms with E-state index >= 15 is 0 Å². The number of fused-ring (bicyclic) bond motifs is 1. The highest BCUT2D eigenvalue weighted by Crippen LogP contribution is 2.30. The molecule has 1 heterocycles. The molecule has 1 unspecified atom stereocenters. The van der Waals surface area contributed by atoms with Crippen molar-refractivity contribution in [3.63, 3.8) is 0 Å². The highest BCUT2D eigenvalue weighted by Gasteiger charge is 2.16. The van der Waals surface area contributed by atoms with Gasteiger partial charge in [0.1, 0.15) is 0 Å². The monoisotopic (exact) mass is 173 g/mol. The number of rotatable bonds is 2. The van der Waals surface area contributed by atoms with Gasteiger partial charge in [-0.2, -0.15) is 0 Å². The second-order valence-corrected chi connectivity index (χ2v) is 3.64. The fourth-order valence-corrected chi connectivity index (χ4v) is 1.91. The van der Waals surface area contributed by atoms with Crippen LogP contribution in [-0.4, -0.2) is 6.21 Å². The number of hydrogen-bond donors (Lipinski definition) is 0. The molecule has 0 saturated carbocycles. The van der Waals surface area contributed by atoms with E-state index in [0.29, 0.717) is 5.92 Å². The molecular formula is C12H15N. The Balaban J connectivity index is 2.15. The van der Waals surface area contributed by atoms with Crippen molar-refractivity contribution in [3.05, 3.63) is 35.6 Å². The van der Waals surface area contributed by atoms with E-state index in [1.54, 1.807) is 5.57 Å². The van der Waals surface area contributed by atoms with Crippen molar-refractivity contribution >= 4 is 6.21 Å². The smallest absolute Gasteiger partial charge is 0.0475 e. The first-order chi connectivity index (χ1) is 6.40. The highest BCUT2D eigenvalue weighted by molar-refractivity contribution is 5.74. The molecule has 1 nitrogen and oxygen atoms in total. The lowest BCUT2D eigenvalue weighted by Crippen LogP contribution is -2.07. The van der Waals surface area contributed by atoms with E-state index in [1.165, 1.54) is 25.0 Å². The standard InChI is InChI=1S/C12H15N/c1-2-4-10-6-7-12-11(9-10)5-3-8-13-12/h3,5-8,11H,2,4,9H2,1H3. The van der Waals surface area contributed by atoms with E-state index in [9.17, 15) is 0 Å². The minimum atomic E-state index is 0.552. The van der Waals surface area contributed by atoms with Gasteiger partial charge in [-0.15, -0.1) is 0 Å². The van der Waals surface area contributed by atoms with Crippen molar-refractivity contribution in [1.82, 2.24) is 0 Å². The highest BCUT2D eigenvalue weighted by atomic mass is 14.7. The Kier molecular flexibility index (Phi) is 2.44. The molecule has 0 amide bonds. The number of nitrogens with zero attached hydrogens (tertiary/aromatic N) is 1. The average Bonchev–Trinajstić information content (AvgIpc) is 2.18. The molecule has 0 N–H and O–H groups in total. The lowest BCUT2D eigenvalue weighted by Gasteiger charge is -2.21. The van der Waals surface area contributed by atoms with Gasteiger partial charge in [-0.25, -0.2) is 0 Å². The van der Waals surface area contributed by atoms with Crippen LogP contribution in [0.1, 0.15) is 26.2 Å². The first-order valence-electron chi connectivity index (χ1n) is 5.00. The molecule has 13 heavy (non-hydrogen) atoms. The summed E-state index contributed by atoms with van der Waals surface area (Å²) in [5.41, 5.74) is 2.79. The first-order valence-corrected chi connectivity index (χ1v) is 5.00. The van der Waals surface area contributed by atoms with E-state index in [-0.39, 0.29) is 0 Å². The van der Waals surface area contributed by atoms with Crippen molar-refractivity contribution in [2.75, 3.05) is 0 Å². The first kappa shape index (κ1) is 8.49. The summed E-state index contributed by atoms with van der Waals surface area (Å²) in [6.07, 6.45) is 14.2. The third-order valence-electron chi connectivity index (χ3n) is 2.58. The van der Waals surface area contributed by atoms with Crippen LogP contribution < -0.4 is 0 Å². The van der Waals surface area contributed by atoms with Gasteiger partial charge in [0.2, 0.25) is 0 Å². The summed E-state index contributed by atoms with van der Waals surface area (Å²) in [5, 5.41) is 0. The summed E-state index contributed by atoms with van der Waals surface area (Å²) >= 11 is 0. The zero-order valence-corrected chi connectivity index (χ0v) is 8.03. The van der Waals surface area contributed by atoms with Crippen LogP contribution in [0.5, 0.6) is 0 Å². The Morgan fingerprint density at radius 3 is 3.23 bits per heavy atom. The van der Waals surface area contributed by atoms with Crippen molar-refractivity contribution < 1.29 is 0 Å². The molecule has 68 valence electrons. The summed E-state index contributed by atoms with van der Waals surface area (Å²) in [6.45, 7) is 2.23. The molecule has 0 fully saturated rings. The van der Waals surface area contributed by atoms with Crippen LogP contribution in [0, 0.1) is 5.92 Å². The zero-order valence-electron chi connectivity index (χ0n) is 8.03. The molecule has 0 saturated heterocycles. The third kappa shape index (κ3) is 1.80. The predicted molar refractivity (Wildman–Crippen MR) is 56.8 cm³/mol. The second-order valence-electron chi connectivity index (χ2n) is 3.64. The maximum absolute atomic E-state index is 4.35. The van der Waals surface area contributed by atoms with Gasteiger partial charge in [-0.3, -0.25) is 4.99 Å². The van der Waals surface area contributed by atoms with Crippen LogP contribution in [-0.2, 0) is 0 Å². The van der Waals surface area contributed by atoms with Gasteiger partial charge in [0.05, 0.1) is 0 Å². The Morgan fingerprint density at radius 2 is 2.38 bits per heavy atom. The molecule has 0 spiro atoms. The number of dihydropyridines is 1. The third-order valence-corrected chi connectivity index (χ3v) is 2.58. The number of hydrogen-bond acceptors (Lipinski definition) is 1. The maximum Gasteiger partial charge on any atom is 0.0475 e. The zero-order chi connectivity index (χ0) is 9.10. The Hall–Kier alpha value is -1.11. The van der Waals surface area contributed by atoms with Gasteiger partial charge in [0.25, 0.3) is 0 Å². The van der Waals surface area contributed by atoms with Crippen LogP contribution in [0.2, 0.25) is 0 Å². The van der Waals surface area contributed by atoms with E-state index < -0.39 is 0 Å². The summed E-state index contributed by atoms with van der Waals surface area (Å²) in [7, 11) is 0. The Labute approximate surface area is 79.6 Å². The van der Waals surface area contributed by atoms with E-state index in [1.807, 2.05) is 6.21 Å². The molecule has 0 aromatic heterocycles.